The first-order valence-electron chi connectivity index (χ1n) is 7.32. The summed E-state index contributed by atoms with van der Waals surface area (Å²) in [5.74, 6) is 2.94. The molecule has 0 saturated heterocycles. The highest BCUT2D eigenvalue weighted by Gasteiger charge is 2.23. The van der Waals surface area contributed by atoms with E-state index in [0.717, 1.165) is 23.7 Å². The molecule has 0 amide bonds. The van der Waals surface area contributed by atoms with Crippen LogP contribution in [0.15, 0.2) is 40.8 Å². The maximum atomic E-state index is 5.85. The lowest BCUT2D eigenvalue weighted by molar-refractivity contribution is 0.303. The molecule has 0 aliphatic heterocycles. The zero-order valence-electron chi connectivity index (χ0n) is 12.1. The minimum Gasteiger partial charge on any atom is -0.490 e. The Morgan fingerprint density at radius 1 is 1.20 bits per heavy atom. The van der Waals surface area contributed by atoms with Crippen molar-refractivity contribution >= 4 is 0 Å². The lowest BCUT2D eigenvalue weighted by atomic mass is 10.0. The maximum Gasteiger partial charge on any atom is 0.125 e. The molecular weight excluding hydrogens is 250 g/mol. The molecule has 3 heteroatoms. The molecule has 1 N–H and O–H groups in total. The first kappa shape index (κ1) is 13.3. The van der Waals surface area contributed by atoms with Gasteiger partial charge in [-0.15, -0.1) is 0 Å². The Morgan fingerprint density at radius 3 is 2.50 bits per heavy atom. The predicted molar refractivity (Wildman–Crippen MR) is 79.1 cm³/mol. The van der Waals surface area contributed by atoms with Crippen molar-refractivity contribution in [1.29, 1.82) is 0 Å². The van der Waals surface area contributed by atoms with Gasteiger partial charge in [0.1, 0.15) is 17.3 Å². The topological polar surface area (TPSA) is 34.4 Å². The van der Waals surface area contributed by atoms with Crippen molar-refractivity contribution in [3.8, 4) is 5.75 Å². The summed E-state index contributed by atoms with van der Waals surface area (Å²) in [5.41, 5.74) is 1.19. The van der Waals surface area contributed by atoms with Gasteiger partial charge in [-0.3, -0.25) is 0 Å². The van der Waals surface area contributed by atoms with Crippen molar-refractivity contribution < 1.29 is 9.15 Å². The minimum atomic E-state index is 0.0882. The molecule has 0 radical (unpaired) electrons. The summed E-state index contributed by atoms with van der Waals surface area (Å²) in [6, 6.07) is 12.5. The van der Waals surface area contributed by atoms with Crippen LogP contribution in [0.5, 0.6) is 5.75 Å². The van der Waals surface area contributed by atoms with Crippen LogP contribution >= 0.6 is 0 Å². The Bertz CT molecular complexity index is 555. The van der Waals surface area contributed by atoms with Gasteiger partial charge in [0.2, 0.25) is 0 Å². The van der Waals surface area contributed by atoms with E-state index in [9.17, 15) is 0 Å². The van der Waals surface area contributed by atoms with Gasteiger partial charge >= 0.3 is 0 Å². The first-order valence-corrected chi connectivity index (χ1v) is 7.32. The summed E-state index contributed by atoms with van der Waals surface area (Å²) in [5, 5.41) is 3.31. The smallest absolute Gasteiger partial charge is 0.125 e. The Morgan fingerprint density at radius 2 is 1.95 bits per heavy atom. The minimum absolute atomic E-state index is 0.0882. The highest BCUT2D eigenvalue weighted by molar-refractivity contribution is 5.33. The number of benzene rings is 1. The van der Waals surface area contributed by atoms with Gasteiger partial charge in [-0.1, -0.05) is 19.1 Å². The molecule has 1 fully saturated rings. The number of hydrogen-bond acceptors (Lipinski definition) is 3. The van der Waals surface area contributed by atoms with Crippen molar-refractivity contribution in [3.63, 3.8) is 0 Å². The first-order chi connectivity index (χ1) is 9.80. The molecule has 0 bridgehead atoms. The maximum absolute atomic E-state index is 5.85. The number of hydrogen-bond donors (Lipinski definition) is 1. The summed E-state index contributed by atoms with van der Waals surface area (Å²) in [4.78, 5) is 0. The molecule has 1 aliphatic rings. The van der Waals surface area contributed by atoms with Crippen LogP contribution in [0.4, 0.5) is 0 Å². The fourth-order valence-corrected chi connectivity index (χ4v) is 2.33. The summed E-state index contributed by atoms with van der Waals surface area (Å²) in [6.07, 6.45) is 3.74. The van der Waals surface area contributed by atoms with E-state index < -0.39 is 0 Å². The van der Waals surface area contributed by atoms with Crippen LogP contribution in [0.25, 0.3) is 0 Å². The molecule has 1 unspecified atom stereocenters. The van der Waals surface area contributed by atoms with Crippen LogP contribution < -0.4 is 10.1 Å². The molecule has 1 aliphatic carbocycles. The Kier molecular flexibility index (Phi) is 3.79. The molecule has 1 aromatic carbocycles. The third-order valence-corrected chi connectivity index (χ3v) is 3.64. The molecule has 2 aromatic rings. The van der Waals surface area contributed by atoms with Crippen LogP contribution in [-0.2, 0) is 6.42 Å². The van der Waals surface area contributed by atoms with E-state index in [0.29, 0.717) is 6.10 Å². The lowest BCUT2D eigenvalue weighted by Gasteiger charge is -2.15. The van der Waals surface area contributed by atoms with Gasteiger partial charge < -0.3 is 14.5 Å². The van der Waals surface area contributed by atoms with Crippen molar-refractivity contribution in [1.82, 2.24) is 5.32 Å². The highest BCUT2D eigenvalue weighted by atomic mass is 16.5. The Balaban J connectivity index is 1.77. The standard InChI is InChI=1S/C17H21NO2/c1-3-13-10-11-16(20-13)17(18-2)12-4-6-14(7-5-12)19-15-8-9-15/h4-7,10-11,15,17-18H,3,8-9H2,1-2H3. The summed E-state index contributed by atoms with van der Waals surface area (Å²) >= 11 is 0. The van der Waals surface area contributed by atoms with Gasteiger partial charge in [-0.25, -0.2) is 0 Å². The zero-order chi connectivity index (χ0) is 13.9. The SMILES string of the molecule is CCc1ccc(C(NC)c2ccc(OC3CC3)cc2)o1. The molecule has 1 aromatic heterocycles. The highest BCUT2D eigenvalue weighted by Crippen LogP contribution is 2.29. The quantitative estimate of drug-likeness (QED) is 0.870. The number of aryl methyl sites for hydroxylation is 1. The van der Waals surface area contributed by atoms with E-state index in [1.54, 1.807) is 0 Å². The monoisotopic (exact) mass is 271 g/mol. The summed E-state index contributed by atoms with van der Waals surface area (Å²) in [7, 11) is 1.95. The summed E-state index contributed by atoms with van der Waals surface area (Å²) < 4.78 is 11.6. The van der Waals surface area contributed by atoms with Crippen molar-refractivity contribution in [2.75, 3.05) is 7.05 Å². The molecule has 20 heavy (non-hydrogen) atoms. The Hall–Kier alpha value is -1.74. The number of furan rings is 1. The fraction of sp³-hybridized carbons (Fsp3) is 0.412. The van der Waals surface area contributed by atoms with Crippen LogP contribution in [0.3, 0.4) is 0 Å². The molecule has 1 atom stereocenters. The van der Waals surface area contributed by atoms with Gasteiger partial charge in [0, 0.05) is 6.42 Å². The van der Waals surface area contributed by atoms with E-state index in [1.165, 1.54) is 18.4 Å². The van der Waals surface area contributed by atoms with Crippen molar-refractivity contribution in [3.05, 3.63) is 53.5 Å². The molecule has 1 heterocycles. The van der Waals surface area contributed by atoms with Gasteiger partial charge in [0.05, 0.1) is 12.1 Å². The molecule has 0 spiro atoms. The second-order valence-corrected chi connectivity index (χ2v) is 5.27. The van der Waals surface area contributed by atoms with E-state index in [-0.39, 0.29) is 6.04 Å². The third kappa shape index (κ3) is 2.88. The number of ether oxygens (including phenoxy) is 1. The molecular formula is C17H21NO2. The fourth-order valence-electron chi connectivity index (χ4n) is 2.33. The van der Waals surface area contributed by atoms with E-state index in [2.05, 4.69) is 30.4 Å². The van der Waals surface area contributed by atoms with Crippen LogP contribution in [0.1, 0.15) is 42.9 Å². The molecule has 3 rings (SSSR count). The van der Waals surface area contributed by atoms with Crippen molar-refractivity contribution in [2.24, 2.45) is 0 Å². The molecule has 106 valence electrons. The van der Waals surface area contributed by atoms with Gasteiger partial charge in [-0.05, 0) is 49.7 Å². The average Bonchev–Trinajstić information content (AvgIpc) is 3.16. The second-order valence-electron chi connectivity index (χ2n) is 5.27. The zero-order valence-corrected chi connectivity index (χ0v) is 12.1. The third-order valence-electron chi connectivity index (χ3n) is 3.64. The van der Waals surface area contributed by atoms with Crippen LogP contribution in [0.2, 0.25) is 0 Å². The van der Waals surface area contributed by atoms with E-state index in [4.69, 9.17) is 9.15 Å². The number of nitrogens with one attached hydrogen (secondary N) is 1. The normalized spacial score (nSPS) is 16.1. The summed E-state index contributed by atoms with van der Waals surface area (Å²) in [6.45, 7) is 2.10. The van der Waals surface area contributed by atoms with Gasteiger partial charge in [0.25, 0.3) is 0 Å². The van der Waals surface area contributed by atoms with Gasteiger partial charge in [0.15, 0.2) is 0 Å². The van der Waals surface area contributed by atoms with Gasteiger partial charge in [-0.2, -0.15) is 0 Å². The van der Waals surface area contributed by atoms with Crippen LogP contribution in [-0.4, -0.2) is 13.2 Å². The lowest BCUT2D eigenvalue weighted by Crippen LogP contribution is -2.16. The molecule has 1 saturated carbocycles. The predicted octanol–water partition coefficient (Wildman–Crippen LogP) is 3.69. The van der Waals surface area contributed by atoms with E-state index in [1.807, 2.05) is 25.2 Å². The molecule has 3 nitrogen and oxygen atoms in total. The van der Waals surface area contributed by atoms with Crippen molar-refractivity contribution in [2.45, 2.75) is 38.3 Å². The Labute approximate surface area is 119 Å². The van der Waals surface area contributed by atoms with Crippen LogP contribution in [0, 0.1) is 0 Å². The van der Waals surface area contributed by atoms with E-state index >= 15 is 0 Å². The second kappa shape index (κ2) is 5.71. The number of rotatable bonds is 6. The average molecular weight is 271 g/mol. The largest absolute Gasteiger partial charge is 0.490 e.